The van der Waals surface area contributed by atoms with E-state index in [0.717, 1.165) is 48.9 Å². The van der Waals surface area contributed by atoms with Crippen molar-refractivity contribution < 1.29 is 32.2 Å². The number of aromatic amines is 1. The number of rotatable bonds is 6. The molecule has 1 N–H and O–H groups in total. The summed E-state index contributed by atoms with van der Waals surface area (Å²) in [7, 11) is 1.57. The molecular weight excluding hydrogens is 650 g/mol. The smallest absolute Gasteiger partial charge is 0.418 e. The molecule has 3 heterocycles. The van der Waals surface area contributed by atoms with Crippen LogP contribution in [0.1, 0.15) is 39.5 Å². The number of thiazole rings is 1. The molecule has 4 aliphatic rings. The van der Waals surface area contributed by atoms with E-state index in [-0.39, 0.29) is 33.8 Å². The lowest BCUT2D eigenvalue weighted by Crippen LogP contribution is -2.42. The van der Waals surface area contributed by atoms with Gasteiger partial charge in [-0.05, 0) is 66.5 Å². The number of para-hydroxylation sites is 1. The van der Waals surface area contributed by atoms with Crippen LogP contribution in [-0.4, -0.2) is 29.2 Å². The van der Waals surface area contributed by atoms with Crippen LogP contribution in [0.25, 0.3) is 0 Å². The lowest BCUT2D eigenvalue weighted by atomic mass is 9.68. The summed E-state index contributed by atoms with van der Waals surface area (Å²) in [6, 6.07) is 18.5. The van der Waals surface area contributed by atoms with Crippen LogP contribution in [0.4, 0.5) is 18.9 Å². The number of amides is 2. The number of carbonyl (C=O) groups excluding carboxylic acids is 2. The number of methoxy groups -OCH3 is 1. The second kappa shape index (κ2) is 11.0. The first kappa shape index (κ1) is 30.3. The minimum atomic E-state index is -4.72. The van der Waals surface area contributed by atoms with Gasteiger partial charge in [0.25, 0.3) is 0 Å². The average molecular weight is 679 g/mol. The summed E-state index contributed by atoms with van der Waals surface area (Å²) < 4.78 is 53.8. The molecule has 47 heavy (non-hydrogen) atoms. The third-order valence-corrected chi connectivity index (χ3v) is 12.8. The third-order valence-electron chi connectivity index (χ3n) is 10.2. The second-order valence-electron chi connectivity index (χ2n) is 12.7. The molecule has 3 fully saturated rings. The Balaban J connectivity index is 1.15. The molecule has 2 bridgehead atoms. The van der Waals surface area contributed by atoms with Gasteiger partial charge in [-0.3, -0.25) is 14.4 Å². The number of H-pyrrole nitrogens is 1. The summed E-state index contributed by atoms with van der Waals surface area (Å²) in [6.07, 6.45) is -4.10. The summed E-state index contributed by atoms with van der Waals surface area (Å²) in [5.74, 6) is -2.37. The molecular formula is C35H29F3N2O5S2. The molecule has 1 saturated heterocycles. The van der Waals surface area contributed by atoms with Gasteiger partial charge in [0, 0.05) is 16.0 Å². The monoisotopic (exact) mass is 678 g/mol. The van der Waals surface area contributed by atoms with Crippen LogP contribution in [0.15, 0.2) is 76.6 Å². The normalized spacial score (nSPS) is 27.5. The maximum absolute atomic E-state index is 14.0. The molecule has 2 aliphatic carbocycles. The van der Waals surface area contributed by atoms with Crippen LogP contribution in [0.3, 0.4) is 0 Å². The zero-order valence-electron chi connectivity index (χ0n) is 25.2. The Morgan fingerprint density at radius 3 is 2.38 bits per heavy atom. The number of ether oxygens (including phenoxy) is 2. The number of hydrogen-bond donors (Lipinski definition) is 1. The number of hydrogen-bond acceptors (Lipinski definition) is 7. The number of fused-ring (bicyclic) bond motifs is 9. The van der Waals surface area contributed by atoms with E-state index in [9.17, 15) is 27.6 Å². The molecule has 0 radical (unpaired) electrons. The fourth-order valence-corrected chi connectivity index (χ4v) is 11.3. The number of benzene rings is 3. The maximum atomic E-state index is 14.0. The topological polar surface area (TPSA) is 88.7 Å². The zero-order valence-corrected chi connectivity index (χ0v) is 26.9. The molecule has 2 aliphatic heterocycles. The predicted octanol–water partition coefficient (Wildman–Crippen LogP) is 7.03. The van der Waals surface area contributed by atoms with Gasteiger partial charge in [-0.2, -0.15) is 13.2 Å². The fraction of sp³-hybridized carbons (Fsp3) is 0.343. The number of nitrogens with one attached hydrogen (secondary N) is 1. The van der Waals surface area contributed by atoms with Crippen molar-refractivity contribution >= 4 is 40.6 Å². The van der Waals surface area contributed by atoms with E-state index < -0.39 is 41.1 Å². The lowest BCUT2D eigenvalue weighted by molar-refractivity contribution is -0.137. The standard InChI is InChI=1S/C35H29F3N2O5S2/c1-16-7-9-17(10-8-16)15-45-23-12-11-18(13-24(23)44-2)25-26-19-14-20(29(26)46-31-30(25)47-34(43)39-31)28-27(19)32(41)40(33(28)42)22-6-4-3-5-21(22)35(36,37)38/h3-13,19-20,25-29H,14-15H2,1-2H3,(H,39,43)/t19?,20?,25-,26?,27?,28?,29?/m1/s1. The number of halogens is 3. The van der Waals surface area contributed by atoms with Gasteiger partial charge >= 0.3 is 11.0 Å². The van der Waals surface area contributed by atoms with Gasteiger partial charge in [-0.1, -0.05) is 59.4 Å². The Bertz CT molecular complexity index is 1970. The van der Waals surface area contributed by atoms with Gasteiger partial charge in [-0.15, -0.1) is 11.8 Å². The van der Waals surface area contributed by atoms with E-state index in [1.54, 1.807) is 7.11 Å². The van der Waals surface area contributed by atoms with Gasteiger partial charge < -0.3 is 14.5 Å². The molecule has 2 amide bonds. The van der Waals surface area contributed by atoms with E-state index in [4.69, 9.17) is 9.47 Å². The number of thioether (sulfide) groups is 1. The summed E-state index contributed by atoms with van der Waals surface area (Å²) in [5, 5.41) is 0.632. The van der Waals surface area contributed by atoms with E-state index in [1.807, 2.05) is 49.4 Å². The number of alkyl halides is 3. The third kappa shape index (κ3) is 4.74. The summed E-state index contributed by atoms with van der Waals surface area (Å²) in [6.45, 7) is 2.37. The van der Waals surface area contributed by atoms with Crippen molar-refractivity contribution in [2.45, 2.75) is 42.3 Å². The summed E-state index contributed by atoms with van der Waals surface area (Å²) in [4.78, 5) is 45.0. The van der Waals surface area contributed by atoms with Crippen molar-refractivity contribution in [3.8, 4) is 11.5 Å². The number of carbonyl (C=O) groups is 2. The highest BCUT2D eigenvalue weighted by molar-refractivity contribution is 8.00. The molecule has 12 heteroatoms. The van der Waals surface area contributed by atoms with Crippen LogP contribution in [0.5, 0.6) is 11.5 Å². The van der Waals surface area contributed by atoms with Crippen LogP contribution in [-0.2, 0) is 22.4 Å². The van der Waals surface area contributed by atoms with E-state index >= 15 is 0 Å². The number of imide groups is 1. The van der Waals surface area contributed by atoms with Gasteiger partial charge in [0.2, 0.25) is 11.8 Å². The molecule has 2 saturated carbocycles. The number of aromatic nitrogens is 1. The first-order chi connectivity index (χ1) is 22.5. The Morgan fingerprint density at radius 2 is 1.66 bits per heavy atom. The number of anilines is 1. The van der Waals surface area contributed by atoms with Gasteiger partial charge in [0.05, 0.1) is 35.2 Å². The zero-order chi connectivity index (χ0) is 32.8. The highest BCUT2D eigenvalue weighted by Gasteiger charge is 2.70. The summed E-state index contributed by atoms with van der Waals surface area (Å²) in [5.41, 5.74) is 1.63. The first-order valence-electron chi connectivity index (χ1n) is 15.3. The second-order valence-corrected chi connectivity index (χ2v) is 14.9. The van der Waals surface area contributed by atoms with E-state index in [0.29, 0.717) is 24.5 Å². The van der Waals surface area contributed by atoms with Gasteiger partial charge in [0.1, 0.15) is 6.61 Å². The molecule has 3 aromatic carbocycles. The quantitative estimate of drug-likeness (QED) is 0.221. The molecule has 6 unspecified atom stereocenters. The molecule has 7 atom stereocenters. The van der Waals surface area contributed by atoms with Crippen LogP contribution in [0.2, 0.25) is 0 Å². The largest absolute Gasteiger partial charge is 0.493 e. The van der Waals surface area contributed by atoms with Gasteiger partial charge in [0.15, 0.2) is 11.5 Å². The first-order valence-corrected chi connectivity index (χ1v) is 17.0. The molecule has 7 nitrogen and oxygen atoms in total. The van der Waals surface area contributed by atoms with Crippen LogP contribution < -0.4 is 19.2 Å². The highest BCUT2D eigenvalue weighted by Crippen LogP contribution is 2.69. The average Bonchev–Trinajstić information content (AvgIpc) is 3.79. The van der Waals surface area contributed by atoms with Gasteiger partial charge in [-0.25, -0.2) is 4.90 Å². The Labute approximate surface area is 276 Å². The van der Waals surface area contributed by atoms with Crippen LogP contribution >= 0.6 is 23.1 Å². The van der Waals surface area contributed by atoms with Crippen molar-refractivity contribution in [2.24, 2.45) is 29.6 Å². The minimum absolute atomic E-state index is 0.109. The SMILES string of the molecule is COc1cc([C@H]2c3sc(=O)[nH]c3SC3C4CC(C5C(=O)N(c6ccccc6C(F)(F)F)C(=O)C45)C32)ccc1OCc1ccc(C)cc1. The van der Waals surface area contributed by atoms with Crippen molar-refractivity contribution in [2.75, 3.05) is 12.0 Å². The highest BCUT2D eigenvalue weighted by atomic mass is 32.2. The van der Waals surface area contributed by atoms with E-state index in [1.165, 1.54) is 30.0 Å². The van der Waals surface area contributed by atoms with Crippen molar-refractivity contribution in [1.29, 1.82) is 0 Å². The van der Waals surface area contributed by atoms with Crippen molar-refractivity contribution in [1.82, 2.24) is 4.98 Å². The molecule has 242 valence electrons. The number of nitrogens with zero attached hydrogens (tertiary/aromatic N) is 1. The predicted molar refractivity (Wildman–Crippen MR) is 171 cm³/mol. The summed E-state index contributed by atoms with van der Waals surface area (Å²) >= 11 is 2.66. The van der Waals surface area contributed by atoms with E-state index in [2.05, 4.69) is 4.98 Å². The lowest BCUT2D eigenvalue weighted by Gasteiger charge is -2.43. The minimum Gasteiger partial charge on any atom is -0.493 e. The Kier molecular flexibility index (Phi) is 7.10. The maximum Gasteiger partial charge on any atom is 0.418 e. The van der Waals surface area contributed by atoms with Crippen LogP contribution in [0, 0.1) is 36.5 Å². The molecule has 8 rings (SSSR count). The Hall–Kier alpha value is -4.03. The Morgan fingerprint density at radius 1 is 0.936 bits per heavy atom. The van der Waals surface area contributed by atoms with Crippen molar-refractivity contribution in [3.05, 3.63) is 104 Å². The molecule has 1 aromatic heterocycles. The van der Waals surface area contributed by atoms with Crippen molar-refractivity contribution in [3.63, 3.8) is 0 Å². The fourth-order valence-electron chi connectivity index (χ4n) is 8.38. The molecule has 4 aromatic rings. The molecule has 0 spiro atoms. The number of aryl methyl sites for hydroxylation is 1.